The summed E-state index contributed by atoms with van der Waals surface area (Å²) < 4.78 is 54.3. The molecule has 19 heteroatoms. The second-order valence-corrected chi connectivity index (χ2v) is 9.26. The third kappa shape index (κ3) is 5.64. The molecule has 0 bridgehead atoms. The summed E-state index contributed by atoms with van der Waals surface area (Å²) in [6.07, 6.45) is -9.74. The Bertz CT molecular complexity index is 1520. The SMILES string of the molecule is Nc1nc(Cl)nc2c1ncn2[C@@H]1O[C@H](COC(Cc2ccc(OC(F)(F)F)cc2)(C(=O)O)C2=NCN=N2)[C@@H](O)[C@H]1O. The highest BCUT2D eigenvalue weighted by Gasteiger charge is 2.50. The van der Waals surface area contributed by atoms with Crippen LogP contribution in [0.15, 0.2) is 45.8 Å². The number of aliphatic hydroxyl groups is 2. The molecule has 5 atom stereocenters. The Morgan fingerprint density at radius 1 is 1.20 bits per heavy atom. The van der Waals surface area contributed by atoms with Gasteiger partial charge in [-0.2, -0.15) is 15.1 Å². The highest BCUT2D eigenvalue weighted by Crippen LogP contribution is 2.34. The molecule has 0 saturated carbocycles. The zero-order chi connectivity index (χ0) is 29.5. The van der Waals surface area contributed by atoms with Gasteiger partial charge < -0.3 is 35.3 Å². The number of hydrogen-bond donors (Lipinski definition) is 4. The van der Waals surface area contributed by atoms with Gasteiger partial charge in [-0.3, -0.25) is 4.57 Å². The number of carbonyl (C=O) groups is 1. The van der Waals surface area contributed by atoms with Crippen LogP contribution < -0.4 is 10.5 Å². The summed E-state index contributed by atoms with van der Waals surface area (Å²) in [6, 6.07) is 4.46. The molecule has 1 aromatic carbocycles. The van der Waals surface area contributed by atoms with E-state index in [1.165, 1.54) is 23.0 Å². The van der Waals surface area contributed by atoms with Crippen molar-refractivity contribution in [3.63, 3.8) is 0 Å². The van der Waals surface area contributed by atoms with Gasteiger partial charge in [-0.15, -0.1) is 18.3 Å². The maximum Gasteiger partial charge on any atom is 0.573 e. The number of hydrogen-bond acceptors (Lipinski definition) is 13. The van der Waals surface area contributed by atoms with Crippen LogP contribution in [0.25, 0.3) is 11.2 Å². The van der Waals surface area contributed by atoms with Crippen molar-refractivity contribution in [2.45, 2.75) is 42.9 Å². The van der Waals surface area contributed by atoms with E-state index in [1.807, 2.05) is 0 Å². The summed E-state index contributed by atoms with van der Waals surface area (Å²) in [5.74, 6) is -2.39. The number of ether oxygens (including phenoxy) is 3. The zero-order valence-corrected chi connectivity index (χ0v) is 21.3. The fourth-order valence-electron chi connectivity index (χ4n) is 4.38. The van der Waals surface area contributed by atoms with E-state index in [-0.39, 0.29) is 40.3 Å². The van der Waals surface area contributed by atoms with Crippen molar-refractivity contribution >= 4 is 40.4 Å². The first-order valence-electron chi connectivity index (χ1n) is 11.7. The van der Waals surface area contributed by atoms with Gasteiger partial charge in [0.05, 0.1) is 12.9 Å². The molecule has 4 heterocycles. The van der Waals surface area contributed by atoms with Crippen LogP contribution in [0.1, 0.15) is 11.8 Å². The number of fused-ring (bicyclic) bond motifs is 1. The number of halogens is 4. The van der Waals surface area contributed by atoms with Crippen molar-refractivity contribution in [3.8, 4) is 5.75 Å². The molecule has 218 valence electrons. The maximum atomic E-state index is 12.6. The minimum absolute atomic E-state index is 0.0255. The number of aliphatic hydroxyl groups excluding tert-OH is 2. The highest BCUT2D eigenvalue weighted by atomic mass is 35.5. The molecule has 41 heavy (non-hydrogen) atoms. The van der Waals surface area contributed by atoms with E-state index in [0.29, 0.717) is 0 Å². The van der Waals surface area contributed by atoms with E-state index in [4.69, 9.17) is 26.8 Å². The van der Waals surface area contributed by atoms with Crippen LogP contribution in [0.5, 0.6) is 5.75 Å². The molecule has 2 aromatic heterocycles. The van der Waals surface area contributed by atoms with Crippen LogP contribution in [0.2, 0.25) is 5.28 Å². The predicted molar refractivity (Wildman–Crippen MR) is 131 cm³/mol. The molecule has 1 fully saturated rings. The number of amidine groups is 1. The van der Waals surface area contributed by atoms with Crippen LogP contribution >= 0.6 is 11.6 Å². The largest absolute Gasteiger partial charge is 0.573 e. The number of azo groups is 1. The molecular formula is C22H20ClF3N8O7. The topological polar surface area (TPSA) is 212 Å². The fraction of sp³-hybridized carbons (Fsp3) is 0.409. The van der Waals surface area contributed by atoms with Gasteiger partial charge in [0.15, 0.2) is 30.2 Å². The van der Waals surface area contributed by atoms with E-state index in [1.54, 1.807) is 0 Å². The monoisotopic (exact) mass is 600 g/mol. The predicted octanol–water partition coefficient (Wildman–Crippen LogP) is 1.48. The van der Waals surface area contributed by atoms with Crippen LogP contribution in [0, 0.1) is 0 Å². The molecule has 1 saturated heterocycles. The van der Waals surface area contributed by atoms with Gasteiger partial charge >= 0.3 is 12.3 Å². The standard InChI is InChI=1S/C22H20ClF3N8O7/c23-20-31-15(27)12-16(32-20)34(8-29-12)17-14(36)13(35)11(40-17)6-39-21(19(37)38,18-28-7-30-33-18)5-9-1-3-10(4-2-9)41-22(24,25)26/h1-4,8,11,13-14,17,35-36H,5-7H2,(H,37,38)(H2,27,31,32)/t11-,13-,14-,17-,21?/m1/s1. The molecule has 15 nitrogen and oxygen atoms in total. The van der Waals surface area contributed by atoms with Gasteiger partial charge in [0.25, 0.3) is 0 Å². The van der Waals surface area contributed by atoms with Crippen molar-refractivity contribution < 1.29 is 47.5 Å². The summed E-state index contributed by atoms with van der Waals surface area (Å²) in [4.78, 5) is 28.5. The Labute approximate surface area is 232 Å². The summed E-state index contributed by atoms with van der Waals surface area (Å²) in [6.45, 7) is -0.758. The van der Waals surface area contributed by atoms with Crippen LogP contribution in [0.4, 0.5) is 19.0 Å². The number of aliphatic carboxylic acids is 1. The Balaban J connectivity index is 1.38. The number of nitrogen functional groups attached to an aromatic ring is 1. The molecule has 0 spiro atoms. The van der Waals surface area contributed by atoms with E-state index in [0.717, 1.165) is 12.1 Å². The van der Waals surface area contributed by atoms with Gasteiger partial charge in [0.1, 0.15) is 29.6 Å². The van der Waals surface area contributed by atoms with E-state index in [9.17, 15) is 33.3 Å². The third-order valence-corrected chi connectivity index (χ3v) is 6.46. The first-order chi connectivity index (χ1) is 19.4. The van der Waals surface area contributed by atoms with E-state index >= 15 is 0 Å². The lowest BCUT2D eigenvalue weighted by Gasteiger charge is -2.29. The summed E-state index contributed by atoms with van der Waals surface area (Å²) in [7, 11) is 0. The molecule has 1 unspecified atom stereocenters. The molecule has 3 aromatic rings. The average molecular weight is 601 g/mol. The van der Waals surface area contributed by atoms with Gasteiger partial charge in [0, 0.05) is 6.42 Å². The number of nitrogens with two attached hydrogens (primary N) is 1. The van der Waals surface area contributed by atoms with E-state index in [2.05, 4.69) is 34.9 Å². The molecule has 0 aliphatic carbocycles. The number of carboxylic acid groups (broad SMARTS) is 1. The first-order valence-corrected chi connectivity index (χ1v) is 12.1. The Hall–Kier alpha value is -3.97. The van der Waals surface area contributed by atoms with E-state index < -0.39 is 61.2 Å². The number of nitrogens with zero attached hydrogens (tertiary/aromatic N) is 7. The minimum Gasteiger partial charge on any atom is -0.479 e. The van der Waals surface area contributed by atoms with Crippen molar-refractivity contribution in [3.05, 3.63) is 41.4 Å². The number of anilines is 1. The molecule has 2 aliphatic rings. The van der Waals surface area contributed by atoms with Crippen molar-refractivity contribution in [2.75, 3.05) is 19.0 Å². The average Bonchev–Trinajstić information content (AvgIpc) is 3.63. The minimum atomic E-state index is -4.91. The molecule has 5 rings (SSSR count). The lowest BCUT2D eigenvalue weighted by Crippen LogP contribution is -2.52. The van der Waals surface area contributed by atoms with Crippen LogP contribution in [-0.4, -0.2) is 90.2 Å². The molecule has 0 amide bonds. The lowest BCUT2D eigenvalue weighted by molar-refractivity contribution is -0.274. The van der Waals surface area contributed by atoms with Gasteiger partial charge in [-0.05, 0) is 29.3 Å². The number of carboxylic acids is 1. The number of benzene rings is 1. The number of alkyl halides is 3. The van der Waals surface area contributed by atoms with Crippen molar-refractivity contribution in [1.82, 2.24) is 19.5 Å². The number of imidazole rings is 1. The summed E-state index contributed by atoms with van der Waals surface area (Å²) >= 11 is 5.89. The Morgan fingerprint density at radius 2 is 1.93 bits per heavy atom. The quantitative estimate of drug-likeness (QED) is 0.258. The Morgan fingerprint density at radius 3 is 2.56 bits per heavy atom. The van der Waals surface area contributed by atoms with Crippen LogP contribution in [-0.2, 0) is 20.7 Å². The number of aliphatic imine (C=N–C) groups is 1. The smallest absolute Gasteiger partial charge is 0.479 e. The van der Waals surface area contributed by atoms with Gasteiger partial charge in [-0.25, -0.2) is 14.8 Å². The third-order valence-electron chi connectivity index (χ3n) is 6.29. The molecule has 2 aliphatic heterocycles. The fourth-order valence-corrected chi connectivity index (χ4v) is 4.55. The van der Waals surface area contributed by atoms with Crippen molar-refractivity contribution in [1.29, 1.82) is 0 Å². The molecular weight excluding hydrogens is 581 g/mol. The van der Waals surface area contributed by atoms with Crippen molar-refractivity contribution in [2.24, 2.45) is 15.2 Å². The molecule has 5 N–H and O–H groups in total. The van der Waals surface area contributed by atoms with Gasteiger partial charge in [-0.1, -0.05) is 12.1 Å². The summed E-state index contributed by atoms with van der Waals surface area (Å²) in [5.41, 5.74) is 4.04. The second-order valence-electron chi connectivity index (χ2n) is 8.92. The van der Waals surface area contributed by atoms with Crippen LogP contribution in [0.3, 0.4) is 0 Å². The zero-order valence-electron chi connectivity index (χ0n) is 20.5. The normalized spacial score (nSPS) is 24.0. The maximum absolute atomic E-state index is 12.6. The lowest BCUT2D eigenvalue weighted by atomic mass is 9.92. The number of rotatable bonds is 9. The second kappa shape index (κ2) is 10.8. The highest BCUT2D eigenvalue weighted by molar-refractivity contribution is 6.28. The summed E-state index contributed by atoms with van der Waals surface area (Å²) in [5, 5.41) is 38.9. The number of aromatic nitrogens is 4. The first kappa shape index (κ1) is 28.6. The van der Waals surface area contributed by atoms with Gasteiger partial charge in [0.2, 0.25) is 10.9 Å². The molecule has 0 radical (unpaired) electrons. The Kier molecular flexibility index (Phi) is 7.51.